The average molecular weight is 124 g/mol. The van der Waals surface area contributed by atoms with Crippen molar-refractivity contribution in [3.63, 3.8) is 0 Å². The number of rotatable bonds is 0. The van der Waals surface area contributed by atoms with Crippen molar-refractivity contribution in [2.45, 2.75) is 0 Å². The minimum Gasteiger partial charge on any atom is -1.00 e. The van der Waals surface area contributed by atoms with Gasteiger partial charge in [-0.3, -0.25) is 0 Å². The van der Waals surface area contributed by atoms with Gasteiger partial charge in [0.05, 0.1) is 0 Å². The van der Waals surface area contributed by atoms with Crippen molar-refractivity contribution < 1.29 is 58.3 Å². The fourth-order valence-corrected chi connectivity index (χ4v) is 0. The van der Waals surface area contributed by atoms with Crippen molar-refractivity contribution in [3.8, 4) is 0 Å². The van der Waals surface area contributed by atoms with Crippen LogP contribution in [0.5, 0.6) is 0 Å². The second-order valence-electron chi connectivity index (χ2n) is 0. The Kier molecular flexibility index (Phi) is 75.3. The zero-order chi connectivity index (χ0) is 2.00. The molecule has 0 radical (unpaired) electrons. The van der Waals surface area contributed by atoms with Gasteiger partial charge in [-0.2, -0.15) is 0 Å². The Labute approximate surface area is 80.0 Å². The normalized spacial score (nSPS) is 1.50. The van der Waals surface area contributed by atoms with Gasteiger partial charge in [-0.05, 0) is 0 Å². The first kappa shape index (κ1) is 16.3. The Morgan fingerprint density at radius 1 is 1.25 bits per heavy atom. The van der Waals surface area contributed by atoms with Crippen molar-refractivity contribution in [1.29, 1.82) is 0 Å². The molecule has 4 heavy (non-hydrogen) atoms. The second kappa shape index (κ2) is 18.5. The van der Waals surface area contributed by atoms with Gasteiger partial charge in [0, 0.05) is 0 Å². The maximum Gasteiger partial charge on any atom is 1.00 e. The summed E-state index contributed by atoms with van der Waals surface area (Å²) in [4.78, 5) is 0. The second-order valence-corrected chi connectivity index (χ2v) is 0. The topological polar surface area (TPSA) is 31.5 Å². The minimum absolute atomic E-state index is 0. The van der Waals surface area contributed by atoms with Crippen LogP contribution >= 0.6 is 23.3 Å². The van der Waals surface area contributed by atoms with Gasteiger partial charge in [0.25, 0.3) is 0 Å². The molecule has 0 spiro atoms. The van der Waals surface area contributed by atoms with Gasteiger partial charge >= 0.3 is 51.4 Å². The Hall–Kier alpha value is 2.30. The van der Waals surface area contributed by atoms with Gasteiger partial charge in [-0.1, -0.05) is 0 Å². The van der Waals surface area contributed by atoms with Crippen LogP contribution in [-0.2, 0) is 0 Å². The first-order chi connectivity index (χ1) is 1.00. The van der Waals surface area contributed by atoms with Gasteiger partial charge in [0.2, 0.25) is 0 Å². The summed E-state index contributed by atoms with van der Waals surface area (Å²) in [5.74, 6) is 0. The fourth-order valence-electron chi connectivity index (χ4n) is 0. The van der Waals surface area contributed by atoms with Crippen molar-refractivity contribution in [2.24, 2.45) is 0 Å². The summed E-state index contributed by atoms with van der Waals surface area (Å²) in [5.41, 5.74) is 0. The summed E-state index contributed by atoms with van der Waals surface area (Å²) >= 11 is 6.44. The molecule has 0 aromatic carbocycles. The largest absolute Gasteiger partial charge is 1.00 e. The number of hydrogen-bond acceptors (Lipinski definition) is 2. The minimum atomic E-state index is 0. The summed E-state index contributed by atoms with van der Waals surface area (Å²) in [5, 5.41) is 0. The molecule has 0 aliphatic heterocycles. The Morgan fingerprint density at radius 3 is 1.25 bits per heavy atom. The molecular formula is H5KOS2. The molecule has 0 aromatic heterocycles. The van der Waals surface area contributed by atoms with Crippen molar-refractivity contribution in [1.82, 2.24) is 0 Å². The zero-order valence-corrected chi connectivity index (χ0v) is 7.31. The third-order valence-electron chi connectivity index (χ3n) is 0. The molecule has 0 amide bonds. The third kappa shape index (κ3) is 8.85. The van der Waals surface area contributed by atoms with Crippen LogP contribution in [0.25, 0.3) is 0 Å². The molecule has 0 atom stereocenters. The van der Waals surface area contributed by atoms with Crippen molar-refractivity contribution in [3.05, 3.63) is 0 Å². The standard InChI is InChI=1S/K.H2O.H2S2.H/c;;1-2;/h;1H2;1-2H;/q+1;;;-1. The Morgan fingerprint density at radius 2 is 1.25 bits per heavy atom. The van der Waals surface area contributed by atoms with E-state index in [4.69, 9.17) is 0 Å². The maximum atomic E-state index is 3.22. The van der Waals surface area contributed by atoms with E-state index in [-0.39, 0.29) is 58.3 Å². The van der Waals surface area contributed by atoms with E-state index >= 15 is 0 Å². The SMILES string of the molecule is O.SS.[H-].[K+]. The van der Waals surface area contributed by atoms with E-state index in [2.05, 4.69) is 23.3 Å². The molecule has 0 bridgehead atoms. The van der Waals surface area contributed by atoms with Crippen LogP contribution in [0.4, 0.5) is 0 Å². The molecule has 1 nitrogen and oxygen atoms in total. The van der Waals surface area contributed by atoms with Crippen LogP contribution in [-0.4, -0.2) is 5.48 Å². The first-order valence-corrected chi connectivity index (χ1v) is 1.80. The maximum absolute atomic E-state index is 3.22. The molecule has 0 rings (SSSR count). The van der Waals surface area contributed by atoms with E-state index in [9.17, 15) is 0 Å². The predicted octanol–water partition coefficient (Wildman–Crippen LogP) is -2.95. The van der Waals surface area contributed by atoms with Crippen LogP contribution < -0.4 is 51.4 Å². The molecule has 0 aromatic rings. The van der Waals surface area contributed by atoms with Gasteiger partial charge in [0.15, 0.2) is 0 Å². The summed E-state index contributed by atoms with van der Waals surface area (Å²) in [6, 6.07) is 0. The monoisotopic (exact) mass is 124 g/mol. The van der Waals surface area contributed by atoms with Crippen LogP contribution in [0.3, 0.4) is 0 Å². The third-order valence-corrected chi connectivity index (χ3v) is 0. The van der Waals surface area contributed by atoms with Crippen molar-refractivity contribution in [2.75, 3.05) is 0 Å². The van der Waals surface area contributed by atoms with Crippen LogP contribution in [0.2, 0.25) is 0 Å². The average Bonchev–Trinajstić information content (AvgIpc) is 1.00. The molecule has 24 valence electrons. The molecule has 4 heteroatoms. The van der Waals surface area contributed by atoms with Gasteiger partial charge in [-0.15, -0.1) is 23.3 Å². The summed E-state index contributed by atoms with van der Waals surface area (Å²) in [7, 11) is 0. The summed E-state index contributed by atoms with van der Waals surface area (Å²) < 4.78 is 0. The first-order valence-electron chi connectivity index (χ1n) is 0.200. The molecule has 0 saturated heterocycles. The number of hydrogen-bond donors (Lipinski definition) is 2. The molecule has 0 unspecified atom stereocenters. The van der Waals surface area contributed by atoms with Crippen LogP contribution in [0.15, 0.2) is 0 Å². The molecule has 0 aliphatic rings. The quantitative estimate of drug-likeness (QED) is 0.197. The fraction of sp³-hybridized carbons (Fsp3) is 0. The van der Waals surface area contributed by atoms with E-state index < -0.39 is 0 Å². The predicted molar refractivity (Wildman–Crippen MR) is 22.7 cm³/mol. The van der Waals surface area contributed by atoms with E-state index in [1.54, 1.807) is 0 Å². The molecule has 0 heterocycles. The van der Waals surface area contributed by atoms with Gasteiger partial charge in [-0.25, -0.2) is 0 Å². The summed E-state index contributed by atoms with van der Waals surface area (Å²) in [6.07, 6.45) is 0. The van der Waals surface area contributed by atoms with Gasteiger partial charge < -0.3 is 6.90 Å². The zero-order valence-electron chi connectivity index (χ0n) is 3.39. The van der Waals surface area contributed by atoms with E-state index in [1.165, 1.54) is 0 Å². The van der Waals surface area contributed by atoms with E-state index in [0.717, 1.165) is 0 Å². The molecule has 0 saturated carbocycles. The van der Waals surface area contributed by atoms with Crippen molar-refractivity contribution >= 4 is 23.3 Å². The molecule has 0 fully saturated rings. The molecule has 0 aliphatic carbocycles. The smallest absolute Gasteiger partial charge is 1.00 e. The number of thiol groups is 2. The van der Waals surface area contributed by atoms with Crippen LogP contribution in [0.1, 0.15) is 1.43 Å². The van der Waals surface area contributed by atoms with Gasteiger partial charge in [0.1, 0.15) is 0 Å². The van der Waals surface area contributed by atoms with E-state index in [0.29, 0.717) is 0 Å². The Bertz CT molecular complexity index is 9.61. The summed E-state index contributed by atoms with van der Waals surface area (Å²) in [6.45, 7) is 0. The van der Waals surface area contributed by atoms with E-state index in [1.807, 2.05) is 0 Å². The van der Waals surface area contributed by atoms with Crippen LogP contribution in [0, 0.1) is 0 Å². The molecular weight excluding hydrogens is 119 g/mol. The Balaban J connectivity index is -0.00000000167. The molecule has 2 N–H and O–H groups in total.